The fraction of sp³-hybridized carbons (Fsp3) is 0.450. The number of hydrogen-bond donors (Lipinski definition) is 1. The zero-order valence-corrected chi connectivity index (χ0v) is 14.9. The van der Waals surface area contributed by atoms with Gasteiger partial charge in [-0.25, -0.2) is 4.79 Å². The molecule has 5 heteroatoms. The molecule has 0 aliphatic carbocycles. The van der Waals surface area contributed by atoms with Gasteiger partial charge in [0.2, 0.25) is 0 Å². The molecule has 1 unspecified atom stereocenters. The predicted molar refractivity (Wildman–Crippen MR) is 102 cm³/mol. The van der Waals surface area contributed by atoms with Gasteiger partial charge in [-0.1, -0.05) is 67.7 Å². The molecule has 0 bridgehead atoms. The van der Waals surface area contributed by atoms with Crippen molar-refractivity contribution in [1.82, 2.24) is 0 Å². The summed E-state index contributed by atoms with van der Waals surface area (Å²) in [5.41, 5.74) is 0. The molecular weight excluding hydrogens is 318 g/mol. The maximum Gasteiger partial charge on any atom is 0.379 e. The van der Waals surface area contributed by atoms with Crippen molar-refractivity contribution < 1.29 is 14.8 Å². The van der Waals surface area contributed by atoms with Crippen LogP contribution >= 0.6 is 0 Å². The number of carboxylic acid groups (broad SMARTS) is 1. The fourth-order valence-corrected chi connectivity index (χ4v) is 1.94. The summed E-state index contributed by atoms with van der Waals surface area (Å²) in [6.45, 7) is 2.12. The van der Waals surface area contributed by atoms with Crippen LogP contribution in [0.4, 0.5) is 0 Å². The first-order valence-electron chi connectivity index (χ1n) is 8.70. The molecule has 0 aliphatic rings. The molecule has 1 N–H and O–H groups in total. The lowest BCUT2D eigenvalue weighted by molar-refractivity contribution is -0.510. The van der Waals surface area contributed by atoms with Crippen LogP contribution < -0.4 is 0 Å². The first kappa shape index (κ1) is 22.6. The van der Waals surface area contributed by atoms with Crippen LogP contribution in [0.5, 0.6) is 0 Å². The number of nitrogens with zero attached hydrogens (tertiary/aromatic N) is 1. The van der Waals surface area contributed by atoms with E-state index in [1.54, 1.807) is 6.08 Å². The first-order valence-corrected chi connectivity index (χ1v) is 8.70. The van der Waals surface area contributed by atoms with Crippen LogP contribution in [-0.2, 0) is 4.79 Å². The van der Waals surface area contributed by atoms with E-state index in [4.69, 9.17) is 5.11 Å². The van der Waals surface area contributed by atoms with Gasteiger partial charge in [-0.05, 0) is 38.5 Å². The average Bonchev–Trinajstić information content (AvgIpc) is 2.57. The summed E-state index contributed by atoms with van der Waals surface area (Å²) in [4.78, 5) is 20.4. The minimum atomic E-state index is -1.51. The summed E-state index contributed by atoms with van der Waals surface area (Å²) < 4.78 is 0. The molecule has 0 radical (unpaired) electrons. The lowest BCUT2D eigenvalue weighted by Crippen LogP contribution is -2.28. The summed E-state index contributed by atoms with van der Waals surface area (Å²) in [6.07, 6.45) is 25.7. The van der Waals surface area contributed by atoms with E-state index in [1.807, 2.05) is 12.2 Å². The number of nitro groups is 1. The average molecular weight is 347 g/mol. The molecule has 0 amide bonds. The quantitative estimate of drug-likeness (QED) is 0.264. The lowest BCUT2D eigenvalue weighted by atomic mass is 10.1. The Balaban J connectivity index is 3.71. The molecular formula is C20H29NO4. The Labute approximate surface area is 150 Å². The van der Waals surface area contributed by atoms with E-state index < -0.39 is 16.9 Å². The molecule has 1 atom stereocenters. The topological polar surface area (TPSA) is 80.4 Å². The third-order valence-corrected chi connectivity index (χ3v) is 3.30. The summed E-state index contributed by atoms with van der Waals surface area (Å²) in [6, 6.07) is -1.51. The van der Waals surface area contributed by atoms with E-state index in [0.717, 1.165) is 32.1 Å². The molecule has 0 aromatic carbocycles. The molecule has 0 saturated heterocycles. The van der Waals surface area contributed by atoms with Gasteiger partial charge >= 0.3 is 12.0 Å². The van der Waals surface area contributed by atoms with Gasteiger partial charge in [0.25, 0.3) is 0 Å². The number of rotatable bonds is 14. The summed E-state index contributed by atoms with van der Waals surface area (Å²) >= 11 is 0. The Morgan fingerprint density at radius 3 is 1.64 bits per heavy atom. The van der Waals surface area contributed by atoms with Gasteiger partial charge in [0.1, 0.15) is 0 Å². The van der Waals surface area contributed by atoms with Crippen molar-refractivity contribution >= 4 is 5.97 Å². The van der Waals surface area contributed by atoms with Gasteiger partial charge in [-0.3, -0.25) is 10.1 Å². The van der Waals surface area contributed by atoms with E-state index in [9.17, 15) is 14.9 Å². The minimum Gasteiger partial charge on any atom is -0.476 e. The number of carboxylic acids is 1. The van der Waals surface area contributed by atoms with Crippen LogP contribution in [0.1, 0.15) is 51.9 Å². The highest BCUT2D eigenvalue weighted by Crippen LogP contribution is 2.03. The molecule has 138 valence electrons. The van der Waals surface area contributed by atoms with Crippen molar-refractivity contribution in [3.05, 3.63) is 70.9 Å². The van der Waals surface area contributed by atoms with Crippen LogP contribution in [0.3, 0.4) is 0 Å². The monoisotopic (exact) mass is 347 g/mol. The number of carbonyl (C=O) groups is 1. The lowest BCUT2D eigenvalue weighted by Gasteiger charge is -2.01. The normalized spacial score (nSPS) is 13.8. The molecule has 0 aliphatic heterocycles. The molecule has 25 heavy (non-hydrogen) atoms. The zero-order valence-electron chi connectivity index (χ0n) is 14.9. The van der Waals surface area contributed by atoms with E-state index >= 15 is 0 Å². The van der Waals surface area contributed by atoms with Gasteiger partial charge < -0.3 is 5.11 Å². The van der Waals surface area contributed by atoms with E-state index in [2.05, 4.69) is 49.5 Å². The highest BCUT2D eigenvalue weighted by Gasteiger charge is 2.27. The highest BCUT2D eigenvalue weighted by atomic mass is 16.6. The van der Waals surface area contributed by atoms with Crippen molar-refractivity contribution in [3.63, 3.8) is 0 Å². The van der Waals surface area contributed by atoms with Gasteiger partial charge in [0, 0.05) is 11.3 Å². The number of hydrogen-bond acceptors (Lipinski definition) is 3. The van der Waals surface area contributed by atoms with E-state index in [1.165, 1.54) is 0 Å². The van der Waals surface area contributed by atoms with E-state index in [0.29, 0.717) is 6.42 Å². The molecule has 0 rings (SSSR count). The standard InChI is InChI=1S/C20H29NO4/c1-2-3-4-5-6-7-8-9-10-11-12-13-14-15-16-17-18-19(20(22)23)21(24)25/h3-4,6-7,9-10,12-13,15-16,19H,2,5,8,11,14,17-18H2,1H3,(H,22,23)/b4-3-,7-6-,10-9-,13-12-,16-15-. The summed E-state index contributed by atoms with van der Waals surface area (Å²) in [5, 5.41) is 19.2. The van der Waals surface area contributed by atoms with Crippen molar-refractivity contribution in [2.24, 2.45) is 0 Å². The maximum atomic E-state index is 10.6. The molecule has 0 fully saturated rings. The van der Waals surface area contributed by atoms with Gasteiger partial charge in [0.15, 0.2) is 0 Å². The minimum absolute atomic E-state index is 0.0209. The molecule has 0 aromatic heterocycles. The third-order valence-electron chi connectivity index (χ3n) is 3.30. The van der Waals surface area contributed by atoms with Crippen molar-refractivity contribution in [2.75, 3.05) is 0 Å². The first-order chi connectivity index (χ1) is 12.1. The van der Waals surface area contributed by atoms with E-state index in [-0.39, 0.29) is 6.42 Å². The van der Waals surface area contributed by atoms with Gasteiger partial charge in [-0.2, -0.15) is 0 Å². The van der Waals surface area contributed by atoms with Gasteiger partial charge in [-0.15, -0.1) is 0 Å². The Morgan fingerprint density at radius 2 is 1.28 bits per heavy atom. The van der Waals surface area contributed by atoms with Crippen LogP contribution in [0, 0.1) is 10.1 Å². The van der Waals surface area contributed by atoms with Crippen molar-refractivity contribution in [3.8, 4) is 0 Å². The van der Waals surface area contributed by atoms with Crippen molar-refractivity contribution in [1.29, 1.82) is 0 Å². The molecule has 0 aromatic rings. The summed E-state index contributed by atoms with van der Waals surface area (Å²) in [5.74, 6) is -1.38. The second-order valence-electron chi connectivity index (χ2n) is 5.42. The highest BCUT2D eigenvalue weighted by molar-refractivity contribution is 5.71. The van der Waals surface area contributed by atoms with Crippen LogP contribution in [-0.4, -0.2) is 22.0 Å². The summed E-state index contributed by atoms with van der Waals surface area (Å²) in [7, 11) is 0. The Kier molecular flexibility index (Phi) is 14.8. The van der Waals surface area contributed by atoms with Crippen LogP contribution in [0.2, 0.25) is 0 Å². The van der Waals surface area contributed by atoms with Crippen LogP contribution in [0.25, 0.3) is 0 Å². The smallest absolute Gasteiger partial charge is 0.379 e. The maximum absolute atomic E-state index is 10.6. The Morgan fingerprint density at radius 1 is 0.880 bits per heavy atom. The van der Waals surface area contributed by atoms with Crippen LogP contribution in [0.15, 0.2) is 60.8 Å². The molecule has 0 spiro atoms. The second kappa shape index (κ2) is 16.4. The zero-order chi connectivity index (χ0) is 18.8. The Hall–Kier alpha value is -2.43. The molecule has 5 nitrogen and oxygen atoms in total. The SMILES string of the molecule is CC/C=C\C/C=C\C/C=C\C/C=C\C/C=C\CCC(C(=O)O)[N+](=O)[O-]. The number of allylic oxidation sites excluding steroid dienone is 10. The second-order valence-corrected chi connectivity index (χ2v) is 5.42. The number of aliphatic carboxylic acids is 1. The predicted octanol–water partition coefficient (Wildman–Crippen LogP) is 5.25. The Bertz CT molecular complexity index is 502. The van der Waals surface area contributed by atoms with Gasteiger partial charge in [0.05, 0.1) is 0 Å². The largest absolute Gasteiger partial charge is 0.476 e. The third kappa shape index (κ3) is 14.9. The molecule has 0 heterocycles. The fourth-order valence-electron chi connectivity index (χ4n) is 1.94. The molecule has 0 saturated carbocycles. The van der Waals surface area contributed by atoms with Crippen molar-refractivity contribution in [2.45, 2.75) is 57.9 Å².